The van der Waals surface area contributed by atoms with Crippen LogP contribution in [0, 0.1) is 0 Å². The van der Waals surface area contributed by atoms with Crippen LogP contribution in [0.25, 0.3) is 0 Å². The molecule has 0 bridgehead atoms. The summed E-state index contributed by atoms with van der Waals surface area (Å²) in [5.41, 5.74) is 0. The van der Waals surface area contributed by atoms with Gasteiger partial charge in [-0.2, -0.15) is 0 Å². The predicted octanol–water partition coefficient (Wildman–Crippen LogP) is 21.4. The summed E-state index contributed by atoms with van der Waals surface area (Å²) >= 11 is 0. The second kappa shape index (κ2) is 63.4. The highest BCUT2D eigenvalue weighted by Crippen LogP contribution is 2.38. The number of aliphatic hydroxyl groups is 1. The van der Waals surface area contributed by atoms with Crippen molar-refractivity contribution in [3.63, 3.8) is 0 Å². The van der Waals surface area contributed by atoms with Gasteiger partial charge < -0.3 is 28.8 Å². The number of quaternary nitrogens is 1. The lowest BCUT2D eigenvalue weighted by Gasteiger charge is -2.29. The molecule has 0 aromatic rings. The number of carbonyl (C=O) groups is 1. The number of amides is 1. The quantitative estimate of drug-likeness (QED) is 0.0272. The number of rotatable bonds is 62. The Kier molecular flexibility index (Phi) is 61.0. The van der Waals surface area contributed by atoms with E-state index >= 15 is 0 Å². The molecule has 9 heteroatoms. The lowest BCUT2D eigenvalue weighted by atomic mass is 10.0. The van der Waals surface area contributed by atoms with Crippen LogP contribution in [0.3, 0.4) is 0 Å². The van der Waals surface area contributed by atoms with Crippen molar-refractivity contribution in [3.05, 3.63) is 122 Å². The van der Waals surface area contributed by atoms with Gasteiger partial charge in [-0.05, 0) is 103 Å². The van der Waals surface area contributed by atoms with Gasteiger partial charge in [-0.25, -0.2) is 0 Å². The van der Waals surface area contributed by atoms with Gasteiger partial charge >= 0.3 is 0 Å². The molecular formula is C74H131N2O6P. The second-order valence-corrected chi connectivity index (χ2v) is 25.5. The fourth-order valence-electron chi connectivity index (χ4n) is 9.58. The van der Waals surface area contributed by atoms with Crippen LogP contribution < -0.4 is 10.2 Å². The summed E-state index contributed by atoms with van der Waals surface area (Å²) in [6.07, 6.45) is 94.6. The molecule has 0 fully saturated rings. The first-order chi connectivity index (χ1) is 40.5. The molecule has 3 atom stereocenters. The second-order valence-electron chi connectivity index (χ2n) is 24.1. The van der Waals surface area contributed by atoms with Crippen molar-refractivity contribution in [2.24, 2.45) is 0 Å². The number of nitrogens with zero attached hydrogens (tertiary/aromatic N) is 1. The molecule has 0 radical (unpaired) electrons. The Morgan fingerprint density at radius 3 is 1.12 bits per heavy atom. The van der Waals surface area contributed by atoms with Gasteiger partial charge in [0.25, 0.3) is 7.82 Å². The van der Waals surface area contributed by atoms with E-state index in [4.69, 9.17) is 9.05 Å². The van der Waals surface area contributed by atoms with Crippen molar-refractivity contribution in [1.82, 2.24) is 5.32 Å². The first kappa shape index (κ1) is 79.9. The Hall–Kier alpha value is -3.10. The van der Waals surface area contributed by atoms with Crippen LogP contribution in [0.5, 0.6) is 0 Å². The maximum Gasteiger partial charge on any atom is 0.268 e. The number of phosphoric ester groups is 1. The van der Waals surface area contributed by atoms with Gasteiger partial charge in [0.2, 0.25) is 5.91 Å². The van der Waals surface area contributed by atoms with E-state index in [1.807, 2.05) is 27.2 Å². The number of phosphoric acid groups is 1. The van der Waals surface area contributed by atoms with Gasteiger partial charge in [-0.1, -0.05) is 302 Å². The van der Waals surface area contributed by atoms with Crippen molar-refractivity contribution in [1.29, 1.82) is 0 Å². The molecule has 478 valence electrons. The minimum Gasteiger partial charge on any atom is -0.756 e. The maximum absolute atomic E-state index is 13.0. The SMILES string of the molecule is CC/C=C\C/C=C\C/C=C\C/C=C\C/C=C\C/C=C\C/C=C\CCCCCCCCCCCCCCCCCC(=O)NC(COP(=O)([O-])OCC[N+](C)(C)C)C(O)/C=C/CC/C=C/CC/C=C/CCCCCCCCCCCCCCCC. The molecule has 0 aliphatic rings. The molecule has 0 aromatic heterocycles. The number of aliphatic hydroxyl groups excluding tert-OH is 1. The molecule has 83 heavy (non-hydrogen) atoms. The highest BCUT2D eigenvalue weighted by Gasteiger charge is 2.23. The van der Waals surface area contributed by atoms with Gasteiger partial charge in [-0.15, -0.1) is 0 Å². The number of hydrogen-bond donors (Lipinski definition) is 2. The minimum atomic E-state index is -4.62. The number of nitrogens with one attached hydrogen (secondary N) is 1. The van der Waals surface area contributed by atoms with Crippen LogP contribution in [0.4, 0.5) is 0 Å². The average Bonchev–Trinajstić information content (AvgIpc) is 3.50. The molecule has 0 aliphatic carbocycles. The Labute approximate surface area is 514 Å². The van der Waals surface area contributed by atoms with E-state index in [0.717, 1.165) is 89.9 Å². The molecule has 0 aromatic carbocycles. The first-order valence-electron chi connectivity index (χ1n) is 34.4. The molecule has 0 saturated carbocycles. The fourth-order valence-corrected chi connectivity index (χ4v) is 10.3. The van der Waals surface area contributed by atoms with Crippen LogP contribution in [0.2, 0.25) is 0 Å². The van der Waals surface area contributed by atoms with Crippen molar-refractivity contribution in [3.8, 4) is 0 Å². The van der Waals surface area contributed by atoms with E-state index in [2.05, 4.69) is 129 Å². The van der Waals surface area contributed by atoms with E-state index in [9.17, 15) is 19.4 Å². The molecule has 0 spiro atoms. The number of carbonyl (C=O) groups excluding carboxylic acids is 1. The number of hydrogen-bond acceptors (Lipinski definition) is 6. The minimum absolute atomic E-state index is 0.0131. The van der Waals surface area contributed by atoms with Crippen LogP contribution >= 0.6 is 7.82 Å². The Balaban J connectivity index is 4.13. The Bertz CT molecular complexity index is 1770. The van der Waals surface area contributed by atoms with Gasteiger partial charge in [0.15, 0.2) is 0 Å². The Morgan fingerprint density at radius 2 is 0.747 bits per heavy atom. The fraction of sp³-hybridized carbons (Fsp3) is 0.716. The lowest BCUT2D eigenvalue weighted by molar-refractivity contribution is -0.870. The summed E-state index contributed by atoms with van der Waals surface area (Å²) in [6, 6.07) is -0.918. The van der Waals surface area contributed by atoms with Crippen molar-refractivity contribution >= 4 is 13.7 Å². The normalized spacial score (nSPS) is 14.4. The number of likely N-dealkylation sites (N-methyl/N-ethyl adjacent to an activating group) is 1. The molecular weight excluding hydrogens is 1040 g/mol. The molecule has 3 unspecified atom stereocenters. The largest absolute Gasteiger partial charge is 0.756 e. The summed E-state index contributed by atoms with van der Waals surface area (Å²) in [6.45, 7) is 4.52. The van der Waals surface area contributed by atoms with E-state index in [1.165, 1.54) is 180 Å². The van der Waals surface area contributed by atoms with Gasteiger partial charge in [0.05, 0.1) is 39.9 Å². The van der Waals surface area contributed by atoms with Crippen molar-refractivity contribution in [2.75, 3.05) is 40.9 Å². The highest BCUT2D eigenvalue weighted by atomic mass is 31.2. The maximum atomic E-state index is 13.0. The van der Waals surface area contributed by atoms with Gasteiger partial charge in [0, 0.05) is 6.42 Å². The summed E-state index contributed by atoms with van der Waals surface area (Å²) in [4.78, 5) is 25.6. The third kappa shape index (κ3) is 66.3. The monoisotopic (exact) mass is 1170 g/mol. The van der Waals surface area contributed by atoms with Crippen LogP contribution in [0.15, 0.2) is 122 Å². The van der Waals surface area contributed by atoms with Gasteiger partial charge in [-0.3, -0.25) is 9.36 Å². The summed E-state index contributed by atoms with van der Waals surface area (Å²) in [5.74, 6) is -0.213. The zero-order valence-corrected chi connectivity index (χ0v) is 55.5. The molecule has 0 saturated heterocycles. The molecule has 0 rings (SSSR count). The number of unbranched alkanes of at least 4 members (excludes halogenated alkanes) is 31. The van der Waals surface area contributed by atoms with Gasteiger partial charge in [0.1, 0.15) is 13.2 Å². The highest BCUT2D eigenvalue weighted by molar-refractivity contribution is 7.45. The standard InChI is InChI=1S/C74H131N2O6P/c1-6-8-10-12-14-16-18-20-22-24-26-28-30-32-33-34-35-36-37-38-39-40-41-42-43-44-46-48-50-52-54-56-58-60-62-64-66-68-74(78)75-72(71-82-83(79,80)81-70-69-76(3,4)5)73(77)67-65-63-61-59-57-55-53-51-49-47-45-31-29-27-25-23-21-19-17-15-13-11-9-7-2/h8,10,14,16,20,22,26,28,32-33,35-36,38-39,49,51,57,59,65,67,72-73,77H,6-7,9,11-13,15,17-19,21,23-25,27,29-31,34,37,40-48,50,52-56,58,60-64,66,68-71H2,1-5H3,(H-,75,78,79,80)/b10-8-,16-14-,22-20-,28-26-,33-32-,36-35-,39-38-,51-49+,59-57+,67-65+. The topological polar surface area (TPSA) is 108 Å². The average molecular weight is 1180 g/mol. The molecule has 0 heterocycles. The van der Waals surface area contributed by atoms with Crippen LogP contribution in [0.1, 0.15) is 290 Å². The third-order valence-electron chi connectivity index (χ3n) is 14.9. The molecule has 8 nitrogen and oxygen atoms in total. The molecule has 2 N–H and O–H groups in total. The van der Waals surface area contributed by atoms with E-state index in [1.54, 1.807) is 6.08 Å². The van der Waals surface area contributed by atoms with Crippen molar-refractivity contribution < 1.29 is 32.9 Å². The number of allylic oxidation sites excluding steroid dienone is 19. The molecule has 1 amide bonds. The van der Waals surface area contributed by atoms with E-state index < -0.39 is 26.6 Å². The van der Waals surface area contributed by atoms with Crippen molar-refractivity contribution in [2.45, 2.75) is 302 Å². The summed E-state index contributed by atoms with van der Waals surface area (Å²) in [7, 11) is 1.23. The summed E-state index contributed by atoms with van der Waals surface area (Å²) in [5, 5.41) is 13.9. The van der Waals surface area contributed by atoms with Crippen LogP contribution in [-0.4, -0.2) is 68.5 Å². The summed E-state index contributed by atoms with van der Waals surface area (Å²) < 4.78 is 23.4. The Morgan fingerprint density at radius 1 is 0.434 bits per heavy atom. The lowest BCUT2D eigenvalue weighted by Crippen LogP contribution is -2.45. The smallest absolute Gasteiger partial charge is 0.268 e. The first-order valence-corrected chi connectivity index (χ1v) is 35.9. The molecule has 0 aliphatic heterocycles. The van der Waals surface area contributed by atoms with Crippen LogP contribution in [-0.2, 0) is 18.4 Å². The van der Waals surface area contributed by atoms with E-state index in [-0.39, 0.29) is 12.5 Å². The predicted molar refractivity (Wildman–Crippen MR) is 362 cm³/mol. The van der Waals surface area contributed by atoms with E-state index in [0.29, 0.717) is 17.4 Å². The zero-order valence-electron chi connectivity index (χ0n) is 54.6. The zero-order chi connectivity index (χ0) is 60.5. The third-order valence-corrected chi connectivity index (χ3v) is 15.8.